The minimum Gasteiger partial charge on any atom is -0.384 e. The van der Waals surface area contributed by atoms with Gasteiger partial charge in [0.15, 0.2) is 0 Å². The minimum atomic E-state index is -3.63. The molecule has 1 aliphatic heterocycles. The fourth-order valence-electron chi connectivity index (χ4n) is 4.17. The Kier molecular flexibility index (Phi) is 9.00. The van der Waals surface area contributed by atoms with Crippen molar-refractivity contribution in [2.45, 2.75) is 44.7 Å². The second kappa shape index (κ2) is 11.9. The number of nitrogens with one attached hydrogen (secondary N) is 3. The maximum absolute atomic E-state index is 13.4. The molecule has 1 heterocycles. The molecule has 1 fully saturated rings. The van der Waals surface area contributed by atoms with Crippen molar-refractivity contribution in [3.05, 3.63) is 71.3 Å². The average Bonchev–Trinajstić information content (AvgIpc) is 3.34. The van der Waals surface area contributed by atoms with Crippen LogP contribution in [0.25, 0.3) is 0 Å². The summed E-state index contributed by atoms with van der Waals surface area (Å²) in [6, 6.07) is 14.9. The number of benzene rings is 2. The quantitative estimate of drug-likeness (QED) is 0.271. The van der Waals surface area contributed by atoms with Gasteiger partial charge in [-0.05, 0) is 49.8 Å². The summed E-state index contributed by atoms with van der Waals surface area (Å²) in [5.74, 6) is -0.798. The number of carbonyl (C=O) groups is 2. The Balaban J connectivity index is 1.66. The number of amidine groups is 1. The minimum absolute atomic E-state index is 0.0141. The Labute approximate surface area is 206 Å². The van der Waals surface area contributed by atoms with Crippen LogP contribution >= 0.6 is 0 Å². The maximum atomic E-state index is 13.4. The van der Waals surface area contributed by atoms with Crippen LogP contribution < -0.4 is 15.8 Å². The van der Waals surface area contributed by atoms with E-state index in [1.165, 1.54) is 11.8 Å². The largest absolute Gasteiger partial charge is 0.384 e. The van der Waals surface area contributed by atoms with E-state index in [9.17, 15) is 18.0 Å². The molecule has 1 saturated heterocycles. The first kappa shape index (κ1) is 26.4. The van der Waals surface area contributed by atoms with Crippen LogP contribution in [0.2, 0.25) is 0 Å². The van der Waals surface area contributed by atoms with E-state index >= 15 is 0 Å². The number of nitrogen functional groups attached to an aromatic ring is 1. The molecule has 0 spiro atoms. The van der Waals surface area contributed by atoms with Gasteiger partial charge in [0.2, 0.25) is 21.8 Å². The molecular weight excluding hydrogens is 466 g/mol. The molecule has 2 aromatic carbocycles. The molecule has 2 amide bonds. The van der Waals surface area contributed by atoms with Crippen molar-refractivity contribution in [1.82, 2.24) is 14.9 Å². The maximum Gasteiger partial charge on any atom is 0.242 e. The highest BCUT2D eigenvalue weighted by atomic mass is 32.2. The van der Waals surface area contributed by atoms with E-state index in [4.69, 9.17) is 11.1 Å². The zero-order chi connectivity index (χ0) is 25.4. The van der Waals surface area contributed by atoms with Crippen LogP contribution in [0.5, 0.6) is 0 Å². The summed E-state index contributed by atoms with van der Waals surface area (Å²) < 4.78 is 27.1. The van der Waals surface area contributed by atoms with Gasteiger partial charge in [-0.15, -0.1) is 0 Å². The number of carbonyl (C=O) groups excluding carboxylic acids is 2. The summed E-state index contributed by atoms with van der Waals surface area (Å²) in [5, 5.41) is 10.5. The molecule has 10 heteroatoms. The molecule has 0 saturated carbocycles. The third-order valence-electron chi connectivity index (χ3n) is 6.07. The van der Waals surface area contributed by atoms with E-state index in [0.717, 1.165) is 11.1 Å². The zero-order valence-corrected chi connectivity index (χ0v) is 20.7. The predicted octanol–water partition coefficient (Wildman–Crippen LogP) is 1.17. The smallest absolute Gasteiger partial charge is 0.242 e. The molecule has 1 aliphatic rings. The van der Waals surface area contributed by atoms with Crippen molar-refractivity contribution in [2.24, 2.45) is 5.73 Å². The number of nitrogens with two attached hydrogens (primary N) is 1. The highest BCUT2D eigenvalue weighted by molar-refractivity contribution is 7.89. The first-order chi connectivity index (χ1) is 16.7. The summed E-state index contributed by atoms with van der Waals surface area (Å²) in [6.07, 6.45) is 1.95. The summed E-state index contributed by atoms with van der Waals surface area (Å²) in [7, 11) is -3.63. The first-order valence-corrected chi connectivity index (χ1v) is 13.4. The molecule has 2 aromatic rings. The molecular formula is C25H33N5O4S. The van der Waals surface area contributed by atoms with Gasteiger partial charge in [0.05, 0.1) is 5.75 Å². The van der Waals surface area contributed by atoms with Gasteiger partial charge in [-0.25, -0.2) is 13.1 Å². The first-order valence-electron chi connectivity index (χ1n) is 11.8. The summed E-state index contributed by atoms with van der Waals surface area (Å²) in [6.45, 7) is 2.29. The number of rotatable bonds is 11. The highest BCUT2D eigenvalue weighted by Crippen LogP contribution is 2.20. The van der Waals surface area contributed by atoms with Crippen molar-refractivity contribution in [1.29, 1.82) is 5.41 Å². The van der Waals surface area contributed by atoms with Crippen molar-refractivity contribution in [3.63, 3.8) is 0 Å². The molecule has 3 rings (SSSR count). The number of amides is 2. The third kappa shape index (κ3) is 7.37. The number of sulfonamides is 1. The van der Waals surface area contributed by atoms with Gasteiger partial charge in [-0.3, -0.25) is 15.0 Å². The van der Waals surface area contributed by atoms with Gasteiger partial charge >= 0.3 is 0 Å². The topological polar surface area (TPSA) is 145 Å². The van der Waals surface area contributed by atoms with Crippen molar-refractivity contribution in [3.8, 4) is 0 Å². The molecule has 5 N–H and O–H groups in total. The molecule has 0 unspecified atom stereocenters. The monoisotopic (exact) mass is 499 g/mol. The number of nitrogens with zero attached hydrogens (tertiary/aromatic N) is 1. The lowest BCUT2D eigenvalue weighted by Crippen LogP contribution is -2.54. The summed E-state index contributed by atoms with van der Waals surface area (Å²) in [5.41, 5.74) is 7.93. The van der Waals surface area contributed by atoms with E-state index in [-0.39, 0.29) is 23.9 Å². The van der Waals surface area contributed by atoms with Crippen LogP contribution in [-0.2, 0) is 32.5 Å². The Morgan fingerprint density at radius 1 is 1.14 bits per heavy atom. The van der Waals surface area contributed by atoms with Gasteiger partial charge in [0.1, 0.15) is 17.9 Å². The Bertz CT molecular complexity index is 1150. The molecule has 0 bridgehead atoms. The van der Waals surface area contributed by atoms with Gasteiger partial charge in [-0.1, -0.05) is 48.5 Å². The predicted molar refractivity (Wildman–Crippen MR) is 135 cm³/mol. The number of likely N-dealkylation sites (tertiary alicyclic amines) is 1. The lowest BCUT2D eigenvalue weighted by atomic mass is 10.0. The molecule has 9 nitrogen and oxygen atoms in total. The lowest BCUT2D eigenvalue weighted by molar-refractivity contribution is -0.139. The average molecular weight is 500 g/mol. The number of hydrogen-bond donors (Lipinski definition) is 4. The Morgan fingerprint density at radius 2 is 1.86 bits per heavy atom. The van der Waals surface area contributed by atoms with E-state index in [1.54, 1.807) is 6.07 Å². The van der Waals surface area contributed by atoms with E-state index in [0.29, 0.717) is 37.9 Å². The van der Waals surface area contributed by atoms with Gasteiger partial charge in [0, 0.05) is 18.7 Å². The van der Waals surface area contributed by atoms with E-state index in [1.807, 2.05) is 48.5 Å². The normalized spacial score (nSPS) is 16.6. The van der Waals surface area contributed by atoms with Crippen molar-refractivity contribution >= 4 is 27.7 Å². The molecule has 35 heavy (non-hydrogen) atoms. The van der Waals surface area contributed by atoms with Crippen LogP contribution in [-0.4, -0.2) is 61.9 Å². The van der Waals surface area contributed by atoms with Crippen LogP contribution in [0, 0.1) is 5.41 Å². The standard InChI is InChI=1S/C25H33N5O4S/c1-2-35(33,34)29-21(17-18-8-4-3-5-9-18)25(32)30-15-7-12-22(30)24(31)28-14-13-19-10-6-11-20(16-19)23(26)27/h3-6,8-11,16,21-22,29H,2,7,12-15,17H2,1H3,(H3,26,27)(H,28,31)/t21-,22+/m1/s1. The second-order valence-corrected chi connectivity index (χ2v) is 10.7. The van der Waals surface area contributed by atoms with E-state index in [2.05, 4.69) is 10.0 Å². The van der Waals surface area contributed by atoms with E-state index < -0.39 is 28.0 Å². The van der Waals surface area contributed by atoms with Crippen LogP contribution in [0.1, 0.15) is 36.5 Å². The van der Waals surface area contributed by atoms with Crippen molar-refractivity contribution in [2.75, 3.05) is 18.8 Å². The SMILES string of the molecule is CCS(=O)(=O)N[C@H](Cc1ccccc1)C(=O)N1CCC[C@H]1C(=O)NCCc1cccc(C(=N)N)c1. The summed E-state index contributed by atoms with van der Waals surface area (Å²) >= 11 is 0. The molecule has 0 aliphatic carbocycles. The lowest BCUT2D eigenvalue weighted by Gasteiger charge is -2.28. The van der Waals surface area contributed by atoms with Crippen LogP contribution in [0.3, 0.4) is 0 Å². The van der Waals surface area contributed by atoms with Gasteiger partial charge in [-0.2, -0.15) is 0 Å². The Morgan fingerprint density at radius 3 is 2.54 bits per heavy atom. The number of hydrogen-bond acceptors (Lipinski definition) is 5. The van der Waals surface area contributed by atoms with Gasteiger partial charge in [0.25, 0.3) is 0 Å². The second-order valence-electron chi connectivity index (χ2n) is 8.61. The fourth-order valence-corrected chi connectivity index (χ4v) is 4.96. The Hall–Kier alpha value is -3.24. The molecule has 0 radical (unpaired) electrons. The fraction of sp³-hybridized carbons (Fsp3) is 0.400. The molecule has 2 atom stereocenters. The van der Waals surface area contributed by atoms with Crippen molar-refractivity contribution < 1.29 is 18.0 Å². The zero-order valence-electron chi connectivity index (χ0n) is 19.9. The van der Waals surface area contributed by atoms with Crippen LogP contribution in [0.15, 0.2) is 54.6 Å². The van der Waals surface area contributed by atoms with Gasteiger partial charge < -0.3 is 16.0 Å². The molecule has 188 valence electrons. The third-order valence-corrected chi connectivity index (χ3v) is 7.48. The summed E-state index contributed by atoms with van der Waals surface area (Å²) in [4.78, 5) is 27.9. The van der Waals surface area contributed by atoms with Crippen LogP contribution in [0.4, 0.5) is 0 Å². The molecule has 0 aromatic heterocycles. The highest BCUT2D eigenvalue weighted by Gasteiger charge is 2.38.